The molecule has 1 aromatic heterocycles. The Morgan fingerprint density at radius 2 is 1.89 bits per heavy atom. The van der Waals surface area contributed by atoms with Crippen molar-refractivity contribution in [2.75, 3.05) is 13.9 Å². The van der Waals surface area contributed by atoms with Gasteiger partial charge in [0.05, 0.1) is 5.56 Å². The standard InChI is InChI=1S/C23H25NO4/c1-5-8-18-21(25)20(11-19(15(2)3)22(18)28-14-27-4)23(26)24-12-16-9-6-7-10-17(16)13-24/h5-7,9-13,15,25H,1,8,14H2,2-4H3. The van der Waals surface area contributed by atoms with Gasteiger partial charge in [-0.3, -0.25) is 9.36 Å². The Balaban J connectivity index is 2.16. The zero-order chi connectivity index (χ0) is 20.3. The van der Waals surface area contributed by atoms with Crippen molar-refractivity contribution in [2.24, 2.45) is 0 Å². The Hall–Kier alpha value is -3.05. The summed E-state index contributed by atoms with van der Waals surface area (Å²) in [4.78, 5) is 13.2. The number of aromatic nitrogens is 1. The minimum absolute atomic E-state index is 0.0551. The molecular weight excluding hydrogens is 354 g/mol. The molecule has 0 saturated carbocycles. The van der Waals surface area contributed by atoms with Crippen LogP contribution in [-0.2, 0) is 11.2 Å². The molecule has 0 spiro atoms. The van der Waals surface area contributed by atoms with Crippen molar-refractivity contribution in [1.29, 1.82) is 0 Å². The van der Waals surface area contributed by atoms with Crippen molar-refractivity contribution in [3.8, 4) is 11.5 Å². The third-order valence-corrected chi connectivity index (χ3v) is 4.69. The van der Waals surface area contributed by atoms with Gasteiger partial charge in [-0.25, -0.2) is 0 Å². The molecule has 0 radical (unpaired) electrons. The van der Waals surface area contributed by atoms with Crippen LogP contribution in [0.4, 0.5) is 0 Å². The fraction of sp³-hybridized carbons (Fsp3) is 0.261. The number of methoxy groups -OCH3 is 1. The maximum Gasteiger partial charge on any atom is 0.265 e. The van der Waals surface area contributed by atoms with Crippen molar-refractivity contribution in [2.45, 2.75) is 26.2 Å². The number of phenols is 1. The molecule has 28 heavy (non-hydrogen) atoms. The molecule has 1 N–H and O–H groups in total. The zero-order valence-corrected chi connectivity index (χ0v) is 16.4. The summed E-state index contributed by atoms with van der Waals surface area (Å²) < 4.78 is 12.3. The van der Waals surface area contributed by atoms with Gasteiger partial charge in [0.2, 0.25) is 0 Å². The summed E-state index contributed by atoms with van der Waals surface area (Å²) in [5.74, 6) is 0.257. The first-order chi connectivity index (χ1) is 13.5. The lowest BCUT2D eigenvalue weighted by Gasteiger charge is -2.20. The minimum Gasteiger partial charge on any atom is -0.507 e. The van der Waals surface area contributed by atoms with E-state index in [0.29, 0.717) is 17.7 Å². The van der Waals surface area contributed by atoms with Gasteiger partial charge < -0.3 is 14.6 Å². The van der Waals surface area contributed by atoms with Crippen molar-refractivity contribution in [1.82, 2.24) is 4.57 Å². The second-order valence-corrected chi connectivity index (χ2v) is 6.97. The van der Waals surface area contributed by atoms with E-state index in [0.717, 1.165) is 16.3 Å². The number of hydrogen-bond acceptors (Lipinski definition) is 4. The first kappa shape index (κ1) is 19.7. The summed E-state index contributed by atoms with van der Waals surface area (Å²) in [6.45, 7) is 7.85. The number of rotatable bonds is 7. The predicted octanol–water partition coefficient (Wildman–Crippen LogP) is 4.87. The van der Waals surface area contributed by atoms with Gasteiger partial charge in [-0.15, -0.1) is 6.58 Å². The van der Waals surface area contributed by atoms with Crippen molar-refractivity contribution in [3.05, 3.63) is 72.1 Å². The molecule has 0 aliphatic carbocycles. The third kappa shape index (κ3) is 3.66. The van der Waals surface area contributed by atoms with Crippen LogP contribution in [-0.4, -0.2) is 29.5 Å². The number of fused-ring (bicyclic) bond motifs is 1. The van der Waals surface area contributed by atoms with E-state index in [1.165, 1.54) is 11.7 Å². The van der Waals surface area contributed by atoms with Gasteiger partial charge in [0.15, 0.2) is 6.79 Å². The molecule has 0 bridgehead atoms. The molecule has 146 valence electrons. The number of aromatic hydroxyl groups is 1. The number of carbonyl (C=O) groups is 1. The van der Waals surface area contributed by atoms with Crippen LogP contribution in [0.15, 0.2) is 55.4 Å². The molecule has 0 aliphatic heterocycles. The van der Waals surface area contributed by atoms with Crippen LogP contribution in [0.1, 0.15) is 41.3 Å². The SMILES string of the molecule is C=CCc1c(O)c(C(=O)n2cc3ccccc3c2)cc(C(C)C)c1OCOC. The van der Waals surface area contributed by atoms with Gasteiger partial charge in [-0.05, 0) is 34.7 Å². The van der Waals surface area contributed by atoms with Crippen LogP contribution in [0.5, 0.6) is 11.5 Å². The number of allylic oxidation sites excluding steroid dienone is 1. The highest BCUT2D eigenvalue weighted by atomic mass is 16.7. The third-order valence-electron chi connectivity index (χ3n) is 4.69. The topological polar surface area (TPSA) is 60.7 Å². The lowest BCUT2D eigenvalue weighted by atomic mass is 9.93. The predicted molar refractivity (Wildman–Crippen MR) is 110 cm³/mol. The lowest BCUT2D eigenvalue weighted by Crippen LogP contribution is -2.13. The molecule has 0 fully saturated rings. The smallest absolute Gasteiger partial charge is 0.265 e. The molecule has 0 atom stereocenters. The maximum absolute atomic E-state index is 13.2. The zero-order valence-electron chi connectivity index (χ0n) is 16.4. The van der Waals surface area contributed by atoms with Crippen LogP contribution >= 0.6 is 0 Å². The van der Waals surface area contributed by atoms with E-state index in [9.17, 15) is 9.90 Å². The van der Waals surface area contributed by atoms with E-state index < -0.39 is 0 Å². The summed E-state index contributed by atoms with van der Waals surface area (Å²) in [6.07, 6.45) is 5.60. The molecule has 5 heteroatoms. The van der Waals surface area contributed by atoms with Crippen LogP contribution in [0.25, 0.3) is 10.8 Å². The summed E-state index contributed by atoms with van der Waals surface area (Å²) >= 11 is 0. The normalized spacial score (nSPS) is 11.1. The average Bonchev–Trinajstić information content (AvgIpc) is 3.12. The summed E-state index contributed by atoms with van der Waals surface area (Å²) in [6, 6.07) is 9.46. The van der Waals surface area contributed by atoms with E-state index in [4.69, 9.17) is 9.47 Å². The first-order valence-electron chi connectivity index (χ1n) is 9.20. The monoisotopic (exact) mass is 379 g/mol. The minimum atomic E-state index is -0.292. The quantitative estimate of drug-likeness (QED) is 0.470. The Morgan fingerprint density at radius 3 is 2.43 bits per heavy atom. The van der Waals surface area contributed by atoms with Crippen LogP contribution in [0.3, 0.4) is 0 Å². The molecule has 0 aliphatic rings. The number of hydrogen-bond donors (Lipinski definition) is 1. The van der Waals surface area contributed by atoms with Crippen molar-refractivity contribution >= 4 is 16.7 Å². The fourth-order valence-electron chi connectivity index (χ4n) is 3.29. The Kier molecular flexibility index (Phi) is 5.85. The molecule has 3 aromatic rings. The second-order valence-electron chi connectivity index (χ2n) is 6.97. The summed E-state index contributed by atoms with van der Waals surface area (Å²) in [7, 11) is 1.54. The van der Waals surface area contributed by atoms with E-state index in [2.05, 4.69) is 6.58 Å². The fourth-order valence-corrected chi connectivity index (χ4v) is 3.29. The molecular formula is C23H25NO4. The molecule has 0 saturated heterocycles. The van der Waals surface area contributed by atoms with E-state index >= 15 is 0 Å². The van der Waals surface area contributed by atoms with E-state index in [-0.39, 0.29) is 29.9 Å². The molecule has 0 unspecified atom stereocenters. The number of nitrogens with zero attached hydrogens (tertiary/aromatic N) is 1. The Bertz CT molecular complexity index is 984. The average molecular weight is 379 g/mol. The van der Waals surface area contributed by atoms with Gasteiger partial charge in [-0.1, -0.05) is 44.2 Å². The first-order valence-corrected chi connectivity index (χ1v) is 9.20. The Labute approximate surface area is 164 Å². The van der Waals surface area contributed by atoms with Crippen LogP contribution in [0.2, 0.25) is 0 Å². The number of carbonyl (C=O) groups excluding carboxylic acids is 1. The van der Waals surface area contributed by atoms with Gasteiger partial charge >= 0.3 is 0 Å². The molecule has 2 aromatic carbocycles. The molecule has 5 nitrogen and oxygen atoms in total. The van der Waals surface area contributed by atoms with Gasteiger partial charge in [0.1, 0.15) is 11.5 Å². The van der Waals surface area contributed by atoms with Crippen LogP contribution < -0.4 is 4.74 Å². The van der Waals surface area contributed by atoms with Gasteiger partial charge in [0.25, 0.3) is 5.91 Å². The number of benzene rings is 2. The van der Waals surface area contributed by atoms with Gasteiger partial charge in [-0.2, -0.15) is 0 Å². The highest BCUT2D eigenvalue weighted by Crippen LogP contribution is 2.39. The van der Waals surface area contributed by atoms with E-state index in [1.807, 2.05) is 38.1 Å². The summed E-state index contributed by atoms with van der Waals surface area (Å²) in [5.41, 5.74) is 1.62. The molecule has 1 heterocycles. The largest absolute Gasteiger partial charge is 0.507 e. The highest BCUT2D eigenvalue weighted by molar-refractivity contribution is 6.02. The van der Waals surface area contributed by atoms with Crippen molar-refractivity contribution < 1.29 is 19.4 Å². The second kappa shape index (κ2) is 8.31. The van der Waals surface area contributed by atoms with Gasteiger partial charge in [0, 0.05) is 25.1 Å². The molecule has 3 rings (SSSR count). The number of ether oxygens (including phenoxy) is 2. The lowest BCUT2D eigenvalue weighted by molar-refractivity contribution is 0.0494. The number of phenolic OH excluding ortho intramolecular Hbond substituents is 1. The Morgan fingerprint density at radius 1 is 1.25 bits per heavy atom. The van der Waals surface area contributed by atoms with Crippen molar-refractivity contribution in [3.63, 3.8) is 0 Å². The summed E-state index contributed by atoms with van der Waals surface area (Å²) in [5, 5.41) is 12.8. The van der Waals surface area contributed by atoms with Crippen LogP contribution in [0, 0.1) is 0 Å². The van der Waals surface area contributed by atoms with E-state index in [1.54, 1.807) is 24.5 Å². The molecule has 0 amide bonds. The highest BCUT2D eigenvalue weighted by Gasteiger charge is 2.24. The maximum atomic E-state index is 13.2.